The second-order valence-corrected chi connectivity index (χ2v) is 4.79. The van der Waals surface area contributed by atoms with Crippen molar-refractivity contribution >= 4 is 23.1 Å². The zero-order valence-electron chi connectivity index (χ0n) is 11.0. The highest BCUT2D eigenvalue weighted by Gasteiger charge is 2.04. The van der Waals surface area contributed by atoms with Gasteiger partial charge in [-0.3, -0.25) is 9.36 Å². The molecule has 0 radical (unpaired) electrons. The fraction of sp³-hybridized carbons (Fsp3) is 0.429. The molecule has 0 saturated carbocycles. The van der Waals surface area contributed by atoms with Crippen LogP contribution in [-0.4, -0.2) is 22.8 Å². The minimum atomic E-state index is -0.0570. The molecule has 1 aromatic carbocycles. The van der Waals surface area contributed by atoms with Crippen LogP contribution in [0.1, 0.15) is 19.8 Å². The Morgan fingerprint density at radius 2 is 2.11 bits per heavy atom. The van der Waals surface area contributed by atoms with Crippen LogP contribution in [-0.2, 0) is 11.3 Å². The summed E-state index contributed by atoms with van der Waals surface area (Å²) in [6, 6.07) is 7.39. The van der Waals surface area contributed by atoms with Crippen LogP contribution < -0.4 is 5.56 Å². The number of rotatable bonds is 6. The van der Waals surface area contributed by atoms with Crippen molar-refractivity contribution in [1.82, 2.24) is 9.55 Å². The zero-order valence-corrected chi connectivity index (χ0v) is 11.8. The molecule has 0 atom stereocenters. The molecule has 0 fully saturated rings. The molecule has 0 aliphatic rings. The highest BCUT2D eigenvalue weighted by Crippen LogP contribution is 2.05. The Morgan fingerprint density at radius 3 is 2.89 bits per heavy atom. The van der Waals surface area contributed by atoms with Crippen LogP contribution in [0.15, 0.2) is 29.1 Å². The normalized spacial score (nSPS) is 11.0. The lowest BCUT2D eigenvalue weighted by molar-refractivity contribution is 0.122. The van der Waals surface area contributed by atoms with Gasteiger partial charge in [0.25, 0.3) is 5.56 Å². The molecule has 102 valence electrons. The van der Waals surface area contributed by atoms with E-state index in [-0.39, 0.29) is 5.56 Å². The third kappa shape index (κ3) is 3.30. The van der Waals surface area contributed by atoms with Gasteiger partial charge in [0.05, 0.1) is 24.1 Å². The Hall–Kier alpha value is -1.46. The van der Waals surface area contributed by atoms with Crippen LogP contribution in [0.5, 0.6) is 0 Å². The molecule has 0 saturated heterocycles. The predicted octanol–water partition coefficient (Wildman–Crippen LogP) is 2.88. The molecule has 5 heteroatoms. The monoisotopic (exact) mass is 278 g/mol. The molecular weight excluding hydrogens is 260 g/mol. The number of aromatic amines is 1. The van der Waals surface area contributed by atoms with Gasteiger partial charge in [0, 0.05) is 6.61 Å². The first kappa shape index (κ1) is 14.0. The number of nitrogens with zero attached hydrogens (tertiary/aromatic N) is 1. The summed E-state index contributed by atoms with van der Waals surface area (Å²) in [5.41, 5.74) is 0.721. The summed E-state index contributed by atoms with van der Waals surface area (Å²) in [4.78, 5) is 15.4. The molecular formula is C14H18N2O2S. The van der Waals surface area contributed by atoms with Gasteiger partial charge in [-0.1, -0.05) is 25.5 Å². The second kappa shape index (κ2) is 6.63. The van der Waals surface area contributed by atoms with E-state index < -0.39 is 0 Å². The number of para-hydroxylation sites is 1. The van der Waals surface area contributed by atoms with E-state index in [2.05, 4.69) is 11.9 Å². The summed E-state index contributed by atoms with van der Waals surface area (Å²) < 4.78 is 7.49. The number of nitrogens with one attached hydrogen (secondary N) is 1. The minimum Gasteiger partial charge on any atom is -0.380 e. The molecule has 1 aromatic heterocycles. The average molecular weight is 278 g/mol. The van der Waals surface area contributed by atoms with Crippen LogP contribution in [0.3, 0.4) is 0 Å². The van der Waals surface area contributed by atoms with Crippen LogP contribution in [0.2, 0.25) is 0 Å². The summed E-state index contributed by atoms with van der Waals surface area (Å²) in [6.07, 6.45) is 2.15. The number of hydrogen-bond acceptors (Lipinski definition) is 3. The Bertz CT molecular complexity index is 660. The molecule has 19 heavy (non-hydrogen) atoms. The fourth-order valence-electron chi connectivity index (χ4n) is 1.91. The lowest BCUT2D eigenvalue weighted by Gasteiger charge is -2.08. The van der Waals surface area contributed by atoms with Crippen molar-refractivity contribution in [2.24, 2.45) is 0 Å². The maximum Gasteiger partial charge on any atom is 0.262 e. The van der Waals surface area contributed by atoms with Gasteiger partial charge in [0.15, 0.2) is 4.77 Å². The predicted molar refractivity (Wildman–Crippen MR) is 79.1 cm³/mol. The average Bonchev–Trinajstić information content (AvgIpc) is 2.42. The number of fused-ring (bicyclic) bond motifs is 1. The van der Waals surface area contributed by atoms with Gasteiger partial charge in [0.1, 0.15) is 0 Å². The van der Waals surface area contributed by atoms with Gasteiger partial charge in [-0.25, -0.2) is 0 Å². The van der Waals surface area contributed by atoms with Crippen molar-refractivity contribution in [3.8, 4) is 0 Å². The molecule has 0 amide bonds. The van der Waals surface area contributed by atoms with Crippen molar-refractivity contribution in [1.29, 1.82) is 0 Å². The van der Waals surface area contributed by atoms with Gasteiger partial charge >= 0.3 is 0 Å². The number of H-pyrrole nitrogens is 1. The quantitative estimate of drug-likeness (QED) is 0.653. The summed E-state index contributed by atoms with van der Waals surface area (Å²) in [5.74, 6) is 0. The third-order valence-corrected chi connectivity index (χ3v) is 3.31. The van der Waals surface area contributed by atoms with Gasteiger partial charge in [-0.05, 0) is 30.8 Å². The van der Waals surface area contributed by atoms with E-state index in [4.69, 9.17) is 17.0 Å². The lowest BCUT2D eigenvalue weighted by atomic mass is 10.2. The molecule has 0 aliphatic carbocycles. The SMILES string of the molecule is CCCCOCCn1c(=S)[nH]c2ccccc2c1=O. The first-order valence-electron chi connectivity index (χ1n) is 6.53. The molecule has 0 bridgehead atoms. The van der Waals surface area contributed by atoms with Crippen LogP contribution >= 0.6 is 12.2 Å². The van der Waals surface area contributed by atoms with Crippen molar-refractivity contribution in [3.63, 3.8) is 0 Å². The zero-order chi connectivity index (χ0) is 13.7. The van der Waals surface area contributed by atoms with E-state index in [1.54, 1.807) is 10.6 Å². The smallest absolute Gasteiger partial charge is 0.262 e. The molecule has 0 unspecified atom stereocenters. The van der Waals surface area contributed by atoms with Gasteiger partial charge in [-0.2, -0.15) is 0 Å². The van der Waals surface area contributed by atoms with E-state index in [1.165, 1.54) is 0 Å². The number of benzene rings is 1. The lowest BCUT2D eigenvalue weighted by Crippen LogP contribution is -2.24. The third-order valence-electron chi connectivity index (χ3n) is 2.99. The first-order valence-corrected chi connectivity index (χ1v) is 6.94. The number of aromatic nitrogens is 2. The van der Waals surface area contributed by atoms with Crippen LogP contribution in [0.4, 0.5) is 0 Å². The number of hydrogen-bond donors (Lipinski definition) is 1. The molecule has 2 aromatic rings. The molecule has 2 rings (SSSR count). The standard InChI is InChI=1S/C14H18N2O2S/c1-2-3-9-18-10-8-16-13(17)11-6-4-5-7-12(11)15-14(16)19/h4-7H,2-3,8-10H2,1H3,(H,15,19). The van der Waals surface area contributed by atoms with E-state index in [1.807, 2.05) is 18.2 Å². The maximum absolute atomic E-state index is 12.3. The minimum absolute atomic E-state index is 0.0570. The number of ether oxygens (including phenoxy) is 1. The molecule has 0 spiro atoms. The summed E-state index contributed by atoms with van der Waals surface area (Å²) in [7, 11) is 0. The van der Waals surface area contributed by atoms with E-state index in [0.717, 1.165) is 25.0 Å². The van der Waals surface area contributed by atoms with E-state index in [9.17, 15) is 4.79 Å². The van der Waals surface area contributed by atoms with Gasteiger partial charge < -0.3 is 9.72 Å². The van der Waals surface area contributed by atoms with Crippen LogP contribution in [0.25, 0.3) is 10.9 Å². The van der Waals surface area contributed by atoms with Gasteiger partial charge in [0.2, 0.25) is 0 Å². The van der Waals surface area contributed by atoms with Gasteiger partial charge in [-0.15, -0.1) is 0 Å². The topological polar surface area (TPSA) is 47.0 Å². The Labute approximate surface area is 117 Å². The first-order chi connectivity index (χ1) is 9.24. The second-order valence-electron chi connectivity index (χ2n) is 4.40. The Balaban J connectivity index is 2.19. The van der Waals surface area contributed by atoms with Crippen molar-refractivity contribution < 1.29 is 4.74 Å². The van der Waals surface area contributed by atoms with E-state index in [0.29, 0.717) is 23.3 Å². The molecule has 1 heterocycles. The van der Waals surface area contributed by atoms with Crippen LogP contribution in [0, 0.1) is 4.77 Å². The summed E-state index contributed by atoms with van der Waals surface area (Å²) in [6.45, 7) is 3.85. The van der Waals surface area contributed by atoms with Crippen molar-refractivity contribution in [2.45, 2.75) is 26.3 Å². The highest BCUT2D eigenvalue weighted by molar-refractivity contribution is 7.71. The van der Waals surface area contributed by atoms with E-state index >= 15 is 0 Å². The number of unbranched alkanes of at least 4 members (excludes halogenated alkanes) is 1. The van der Waals surface area contributed by atoms with Crippen molar-refractivity contribution in [2.75, 3.05) is 13.2 Å². The summed E-state index contributed by atoms with van der Waals surface area (Å²) >= 11 is 5.22. The highest BCUT2D eigenvalue weighted by atomic mass is 32.1. The largest absolute Gasteiger partial charge is 0.380 e. The molecule has 1 N–H and O–H groups in total. The Kier molecular flexibility index (Phi) is 4.87. The molecule has 0 aliphatic heterocycles. The molecule has 4 nitrogen and oxygen atoms in total. The van der Waals surface area contributed by atoms with Crippen molar-refractivity contribution in [3.05, 3.63) is 39.4 Å². The summed E-state index contributed by atoms with van der Waals surface area (Å²) in [5, 5.41) is 0.657. The maximum atomic E-state index is 12.3. The Morgan fingerprint density at radius 1 is 1.32 bits per heavy atom. The fourth-order valence-corrected chi connectivity index (χ4v) is 2.19.